The number of halogens is 1. The molecule has 1 aliphatic carbocycles. The molecule has 2 aromatic heterocycles. The van der Waals surface area contributed by atoms with Gasteiger partial charge in [-0.05, 0) is 72.4 Å². The summed E-state index contributed by atoms with van der Waals surface area (Å²) in [5.74, 6) is 0.729. The van der Waals surface area contributed by atoms with E-state index in [4.69, 9.17) is 0 Å². The molecule has 4 aromatic rings. The molecule has 1 saturated carbocycles. The lowest BCUT2D eigenvalue weighted by atomic mass is 9.88. The molecule has 2 aliphatic rings. The number of carbonyl (C=O) groups is 1. The first kappa shape index (κ1) is 19.2. The molecule has 162 valence electrons. The second-order valence-electron chi connectivity index (χ2n) is 9.25. The first-order valence-electron chi connectivity index (χ1n) is 10.9. The zero-order valence-electron chi connectivity index (χ0n) is 18.3. The maximum Gasteiger partial charge on any atom is 0.274 e. The van der Waals surface area contributed by atoms with E-state index in [0.717, 1.165) is 23.1 Å². The minimum absolute atomic E-state index is 0.00670. The topological polar surface area (TPSA) is 56.0 Å². The average Bonchev–Trinajstić information content (AvgIpc) is 3.27. The van der Waals surface area contributed by atoms with Crippen molar-refractivity contribution in [2.75, 3.05) is 13.1 Å². The van der Waals surface area contributed by atoms with Crippen LogP contribution in [0.5, 0.6) is 0 Å². The highest BCUT2D eigenvalue weighted by Gasteiger charge is 2.68. The highest BCUT2D eigenvalue weighted by molar-refractivity contribution is 5.93. The fraction of sp³-hybridized carbons (Fsp3) is 0.320. The summed E-state index contributed by atoms with van der Waals surface area (Å²) in [6, 6.07) is 12.6. The van der Waals surface area contributed by atoms with Crippen LogP contribution in [-0.4, -0.2) is 43.5 Å². The van der Waals surface area contributed by atoms with Crippen LogP contribution in [0.4, 0.5) is 4.39 Å². The second kappa shape index (κ2) is 6.51. The van der Waals surface area contributed by atoms with Crippen molar-refractivity contribution in [2.45, 2.75) is 19.3 Å². The Bertz CT molecular complexity index is 1370. The lowest BCUT2D eigenvalue weighted by Gasteiger charge is -2.24. The molecule has 0 unspecified atom stereocenters. The van der Waals surface area contributed by atoms with Gasteiger partial charge in [-0.15, -0.1) is 0 Å². The Hall–Kier alpha value is -3.48. The van der Waals surface area contributed by atoms with Crippen LogP contribution in [-0.2, 0) is 12.5 Å². The van der Waals surface area contributed by atoms with E-state index in [1.165, 1.54) is 23.3 Å². The molecule has 6 nitrogen and oxygen atoms in total. The normalized spacial score (nSPS) is 24.2. The molecule has 2 fully saturated rings. The Morgan fingerprint density at radius 2 is 1.97 bits per heavy atom. The van der Waals surface area contributed by atoms with Crippen LogP contribution in [0.15, 0.2) is 54.9 Å². The molecule has 0 radical (unpaired) electrons. The molecule has 3 atom stereocenters. The summed E-state index contributed by atoms with van der Waals surface area (Å²) in [6.45, 7) is 5.91. The molecule has 1 amide bonds. The number of amides is 1. The third-order valence-corrected chi connectivity index (χ3v) is 7.54. The largest absolute Gasteiger partial charge is 0.336 e. The predicted octanol–water partition coefficient (Wildman–Crippen LogP) is 3.87. The third-order valence-electron chi connectivity index (χ3n) is 7.54. The zero-order chi connectivity index (χ0) is 22.2. The van der Waals surface area contributed by atoms with Crippen molar-refractivity contribution in [1.82, 2.24) is 24.5 Å². The maximum absolute atomic E-state index is 13.4. The summed E-state index contributed by atoms with van der Waals surface area (Å²) >= 11 is 0. The Balaban J connectivity index is 1.36. The van der Waals surface area contributed by atoms with Gasteiger partial charge in [0.05, 0.1) is 17.4 Å². The van der Waals surface area contributed by atoms with Gasteiger partial charge in [-0.3, -0.25) is 9.48 Å². The first-order valence-corrected chi connectivity index (χ1v) is 10.9. The number of carbonyl (C=O) groups excluding carboxylic acids is 1. The van der Waals surface area contributed by atoms with Gasteiger partial charge in [-0.2, -0.15) is 10.2 Å². The van der Waals surface area contributed by atoms with Crippen molar-refractivity contribution in [2.24, 2.45) is 18.9 Å². The summed E-state index contributed by atoms with van der Waals surface area (Å²) in [7, 11) is 1.83. The molecule has 3 heterocycles. The zero-order valence-corrected chi connectivity index (χ0v) is 18.3. The van der Waals surface area contributed by atoms with E-state index < -0.39 is 0 Å². The highest BCUT2D eigenvalue weighted by Crippen LogP contribution is 2.64. The lowest BCUT2D eigenvalue weighted by Crippen LogP contribution is -2.34. The van der Waals surface area contributed by atoms with Crippen LogP contribution in [0.1, 0.15) is 28.5 Å². The van der Waals surface area contributed by atoms with E-state index >= 15 is 0 Å². The summed E-state index contributed by atoms with van der Waals surface area (Å²) in [5.41, 5.74) is 4.82. The Morgan fingerprint density at radius 1 is 1.19 bits per heavy atom. The molecule has 32 heavy (non-hydrogen) atoms. The number of fused-ring (bicyclic) bond motifs is 2. The van der Waals surface area contributed by atoms with Gasteiger partial charge in [0.1, 0.15) is 11.5 Å². The summed E-state index contributed by atoms with van der Waals surface area (Å²) in [4.78, 5) is 15.0. The Labute approximate surface area is 185 Å². The summed E-state index contributed by atoms with van der Waals surface area (Å²) in [6.07, 6.45) is 3.67. The van der Waals surface area contributed by atoms with Gasteiger partial charge in [0.15, 0.2) is 0 Å². The third kappa shape index (κ3) is 2.60. The van der Waals surface area contributed by atoms with Crippen LogP contribution in [0, 0.1) is 24.6 Å². The monoisotopic (exact) mass is 429 g/mol. The number of benzene rings is 2. The van der Waals surface area contributed by atoms with Gasteiger partial charge < -0.3 is 4.90 Å². The molecule has 2 aromatic carbocycles. The number of piperidine rings is 1. The van der Waals surface area contributed by atoms with Crippen LogP contribution < -0.4 is 0 Å². The van der Waals surface area contributed by atoms with Gasteiger partial charge in [0, 0.05) is 37.1 Å². The smallest absolute Gasteiger partial charge is 0.274 e. The number of likely N-dealkylation sites (tertiary alicyclic amines) is 1. The molecular weight excluding hydrogens is 405 g/mol. The summed E-state index contributed by atoms with van der Waals surface area (Å²) < 4.78 is 16.9. The van der Waals surface area contributed by atoms with Crippen LogP contribution in [0.2, 0.25) is 0 Å². The molecule has 0 spiro atoms. The number of aryl methyl sites for hydroxylation is 2. The standard InChI is InChI=1S/C25H24FN5O/c1-15-10-23-17(12-27-31(23)19-6-4-18(26)5-7-19)11-20(15)25-14-30(13-21(25)16(25)2)24(32)22-8-9-29(3)28-22/h4-12,16,21H,13-14H2,1-3H3/t16-,21-,25+/m1/s1. The fourth-order valence-corrected chi connectivity index (χ4v) is 5.77. The Morgan fingerprint density at radius 3 is 2.69 bits per heavy atom. The minimum atomic E-state index is -0.262. The van der Waals surface area contributed by atoms with E-state index in [-0.39, 0.29) is 17.1 Å². The van der Waals surface area contributed by atoms with E-state index in [0.29, 0.717) is 24.1 Å². The van der Waals surface area contributed by atoms with Crippen LogP contribution >= 0.6 is 0 Å². The Kier molecular flexibility index (Phi) is 3.91. The van der Waals surface area contributed by atoms with Crippen molar-refractivity contribution >= 4 is 16.8 Å². The fourth-order valence-electron chi connectivity index (χ4n) is 5.77. The van der Waals surface area contributed by atoms with Crippen LogP contribution in [0.25, 0.3) is 16.6 Å². The van der Waals surface area contributed by atoms with Crippen molar-refractivity contribution in [3.8, 4) is 5.69 Å². The molecule has 6 rings (SSSR count). The number of hydrogen-bond donors (Lipinski definition) is 0. The van der Waals surface area contributed by atoms with Crippen molar-refractivity contribution in [1.29, 1.82) is 0 Å². The number of aromatic nitrogens is 4. The van der Waals surface area contributed by atoms with Gasteiger partial charge in [0.25, 0.3) is 5.91 Å². The molecule has 0 N–H and O–H groups in total. The van der Waals surface area contributed by atoms with Gasteiger partial charge >= 0.3 is 0 Å². The van der Waals surface area contributed by atoms with Crippen molar-refractivity contribution in [3.63, 3.8) is 0 Å². The molecule has 0 bridgehead atoms. The quantitative estimate of drug-likeness (QED) is 0.497. The number of rotatable bonds is 3. The van der Waals surface area contributed by atoms with Crippen molar-refractivity contribution in [3.05, 3.63) is 77.5 Å². The molecule has 7 heteroatoms. The number of nitrogens with zero attached hydrogens (tertiary/aromatic N) is 5. The van der Waals surface area contributed by atoms with E-state index in [1.807, 2.05) is 22.8 Å². The second-order valence-corrected chi connectivity index (χ2v) is 9.25. The van der Waals surface area contributed by atoms with Gasteiger partial charge in [-0.1, -0.05) is 6.92 Å². The highest BCUT2D eigenvalue weighted by atomic mass is 19.1. The average molecular weight is 429 g/mol. The minimum Gasteiger partial charge on any atom is -0.336 e. The molecule has 1 saturated heterocycles. The lowest BCUT2D eigenvalue weighted by molar-refractivity contribution is 0.0758. The van der Waals surface area contributed by atoms with E-state index in [2.05, 4.69) is 36.2 Å². The summed E-state index contributed by atoms with van der Waals surface area (Å²) in [5, 5.41) is 9.91. The van der Waals surface area contributed by atoms with Crippen LogP contribution in [0.3, 0.4) is 0 Å². The number of hydrogen-bond acceptors (Lipinski definition) is 3. The molecular formula is C25H24FN5O. The maximum atomic E-state index is 13.4. The molecule has 1 aliphatic heterocycles. The van der Waals surface area contributed by atoms with Crippen molar-refractivity contribution < 1.29 is 9.18 Å². The first-order chi connectivity index (χ1) is 15.4. The van der Waals surface area contributed by atoms with E-state index in [1.54, 1.807) is 29.1 Å². The SMILES string of the molecule is Cc1cc2c(cnn2-c2ccc(F)cc2)cc1[C@@]12CN(C(=O)c3ccn(C)n3)C[C@@H]1[C@H]2C. The van der Waals surface area contributed by atoms with Gasteiger partial charge in [-0.25, -0.2) is 9.07 Å². The predicted molar refractivity (Wildman–Crippen MR) is 119 cm³/mol. The van der Waals surface area contributed by atoms with Gasteiger partial charge in [0.2, 0.25) is 0 Å². The van der Waals surface area contributed by atoms with E-state index in [9.17, 15) is 9.18 Å².